The SMILES string of the molecule is CC(C)(C)c1ccc(N2CC(C(=O)N3CCc4sccc4C3)C2)nn1. The fraction of sp³-hybridized carbons (Fsp3) is 0.526. The van der Waals surface area contributed by atoms with E-state index in [4.69, 9.17) is 0 Å². The number of carbonyl (C=O) groups is 1. The van der Waals surface area contributed by atoms with Crippen molar-refractivity contribution in [2.75, 3.05) is 24.5 Å². The first-order chi connectivity index (χ1) is 11.9. The highest BCUT2D eigenvalue weighted by atomic mass is 32.1. The Hall–Kier alpha value is -1.95. The first-order valence-electron chi connectivity index (χ1n) is 8.85. The van der Waals surface area contributed by atoms with E-state index >= 15 is 0 Å². The van der Waals surface area contributed by atoms with Crippen molar-refractivity contribution in [1.29, 1.82) is 0 Å². The molecule has 1 fully saturated rings. The van der Waals surface area contributed by atoms with Crippen molar-refractivity contribution < 1.29 is 4.79 Å². The summed E-state index contributed by atoms with van der Waals surface area (Å²) in [4.78, 5) is 18.3. The number of anilines is 1. The largest absolute Gasteiger partial charge is 0.353 e. The van der Waals surface area contributed by atoms with Gasteiger partial charge in [0.05, 0.1) is 11.6 Å². The summed E-state index contributed by atoms with van der Waals surface area (Å²) in [6.07, 6.45) is 0.995. The average Bonchev–Trinajstić information content (AvgIpc) is 3.00. The van der Waals surface area contributed by atoms with Gasteiger partial charge in [-0.25, -0.2) is 0 Å². The zero-order valence-electron chi connectivity index (χ0n) is 15.0. The summed E-state index contributed by atoms with van der Waals surface area (Å²) < 4.78 is 0. The Labute approximate surface area is 152 Å². The first-order valence-corrected chi connectivity index (χ1v) is 9.73. The van der Waals surface area contributed by atoms with Gasteiger partial charge in [0.15, 0.2) is 5.82 Å². The van der Waals surface area contributed by atoms with Gasteiger partial charge in [0.25, 0.3) is 0 Å². The number of thiophene rings is 1. The average molecular weight is 356 g/mol. The van der Waals surface area contributed by atoms with Gasteiger partial charge in [-0.15, -0.1) is 16.4 Å². The molecule has 5 nitrogen and oxygen atoms in total. The monoisotopic (exact) mass is 356 g/mol. The van der Waals surface area contributed by atoms with Crippen LogP contribution < -0.4 is 4.90 Å². The van der Waals surface area contributed by atoms with E-state index in [1.807, 2.05) is 17.0 Å². The van der Waals surface area contributed by atoms with E-state index in [9.17, 15) is 4.79 Å². The number of carbonyl (C=O) groups excluding carboxylic acids is 1. The van der Waals surface area contributed by atoms with Gasteiger partial charge >= 0.3 is 0 Å². The topological polar surface area (TPSA) is 49.3 Å². The summed E-state index contributed by atoms with van der Waals surface area (Å²) in [5.74, 6) is 1.24. The summed E-state index contributed by atoms with van der Waals surface area (Å²) in [5, 5.41) is 10.8. The van der Waals surface area contributed by atoms with E-state index in [0.717, 1.165) is 44.1 Å². The Morgan fingerprint density at radius 1 is 1.20 bits per heavy atom. The van der Waals surface area contributed by atoms with Crippen LogP contribution in [0.2, 0.25) is 0 Å². The number of nitrogens with zero attached hydrogens (tertiary/aromatic N) is 4. The highest BCUT2D eigenvalue weighted by Crippen LogP contribution is 2.29. The number of hydrogen-bond donors (Lipinski definition) is 0. The van der Waals surface area contributed by atoms with Crippen LogP contribution in [0.4, 0.5) is 5.82 Å². The van der Waals surface area contributed by atoms with Crippen LogP contribution in [0.1, 0.15) is 36.9 Å². The van der Waals surface area contributed by atoms with Crippen molar-refractivity contribution in [3.8, 4) is 0 Å². The predicted molar refractivity (Wildman–Crippen MR) is 99.9 cm³/mol. The number of fused-ring (bicyclic) bond motifs is 1. The molecule has 4 rings (SSSR count). The smallest absolute Gasteiger partial charge is 0.229 e. The van der Waals surface area contributed by atoms with Gasteiger partial charge in [0, 0.05) is 36.5 Å². The molecule has 2 aliphatic rings. The van der Waals surface area contributed by atoms with Crippen LogP contribution in [0.5, 0.6) is 0 Å². The molecule has 0 radical (unpaired) electrons. The second-order valence-corrected chi connectivity index (χ2v) is 9.01. The second-order valence-electron chi connectivity index (χ2n) is 8.01. The lowest BCUT2D eigenvalue weighted by atomic mass is 9.92. The molecule has 4 heterocycles. The molecule has 0 saturated carbocycles. The molecule has 0 atom stereocenters. The second kappa shape index (κ2) is 6.09. The maximum atomic E-state index is 12.7. The summed E-state index contributed by atoms with van der Waals surface area (Å²) in [5.41, 5.74) is 2.32. The molecule has 0 aromatic carbocycles. The maximum Gasteiger partial charge on any atom is 0.229 e. The minimum Gasteiger partial charge on any atom is -0.353 e. The molecule has 0 unspecified atom stereocenters. The van der Waals surface area contributed by atoms with Gasteiger partial charge in [0.2, 0.25) is 5.91 Å². The van der Waals surface area contributed by atoms with Crippen molar-refractivity contribution in [2.24, 2.45) is 5.92 Å². The van der Waals surface area contributed by atoms with Crippen LogP contribution in [0.3, 0.4) is 0 Å². The fourth-order valence-corrected chi connectivity index (χ4v) is 4.30. The number of rotatable bonds is 2. The van der Waals surface area contributed by atoms with Gasteiger partial charge in [-0.2, -0.15) is 5.10 Å². The van der Waals surface area contributed by atoms with E-state index in [1.165, 1.54) is 10.4 Å². The van der Waals surface area contributed by atoms with Crippen LogP contribution in [0.15, 0.2) is 23.6 Å². The number of hydrogen-bond acceptors (Lipinski definition) is 5. The van der Waals surface area contributed by atoms with Gasteiger partial charge < -0.3 is 9.80 Å². The summed E-state index contributed by atoms with van der Waals surface area (Å²) >= 11 is 1.81. The molecular formula is C19H24N4OS. The molecule has 0 aliphatic carbocycles. The summed E-state index contributed by atoms with van der Waals surface area (Å²) in [7, 11) is 0. The van der Waals surface area contributed by atoms with Gasteiger partial charge in [-0.05, 0) is 35.6 Å². The third-order valence-electron chi connectivity index (χ3n) is 5.09. The molecule has 1 amide bonds. The summed E-state index contributed by atoms with van der Waals surface area (Å²) in [6.45, 7) is 9.51. The standard InChI is InChI=1S/C19H24N4OS/c1-19(2,3)16-4-5-17(21-20-16)23-11-14(12-23)18(24)22-8-6-15-13(10-22)7-9-25-15/h4-5,7,9,14H,6,8,10-12H2,1-3H3. The molecule has 2 aromatic rings. The van der Waals surface area contributed by atoms with Crippen molar-refractivity contribution in [3.05, 3.63) is 39.7 Å². The zero-order chi connectivity index (χ0) is 17.6. The van der Waals surface area contributed by atoms with E-state index in [-0.39, 0.29) is 17.2 Å². The Morgan fingerprint density at radius 3 is 2.68 bits per heavy atom. The van der Waals surface area contributed by atoms with E-state index < -0.39 is 0 Å². The van der Waals surface area contributed by atoms with E-state index in [2.05, 4.69) is 47.3 Å². The quantitative estimate of drug-likeness (QED) is 0.830. The minimum absolute atomic E-state index is 0.00769. The molecule has 2 aliphatic heterocycles. The van der Waals surface area contributed by atoms with Crippen LogP contribution in [0.25, 0.3) is 0 Å². The Balaban J connectivity index is 1.35. The first kappa shape index (κ1) is 16.5. The van der Waals surface area contributed by atoms with Crippen LogP contribution >= 0.6 is 11.3 Å². The van der Waals surface area contributed by atoms with Crippen LogP contribution in [0, 0.1) is 5.92 Å². The lowest BCUT2D eigenvalue weighted by Gasteiger charge is -2.41. The molecule has 6 heteroatoms. The third kappa shape index (κ3) is 3.15. The Morgan fingerprint density at radius 2 is 2.00 bits per heavy atom. The highest BCUT2D eigenvalue weighted by molar-refractivity contribution is 7.10. The fourth-order valence-electron chi connectivity index (χ4n) is 3.41. The van der Waals surface area contributed by atoms with Gasteiger partial charge in [-0.3, -0.25) is 4.79 Å². The van der Waals surface area contributed by atoms with Crippen molar-refractivity contribution in [3.63, 3.8) is 0 Å². The van der Waals surface area contributed by atoms with Gasteiger partial charge in [-0.1, -0.05) is 20.8 Å². The lowest BCUT2D eigenvalue weighted by molar-refractivity contribution is -0.137. The molecular weight excluding hydrogens is 332 g/mol. The third-order valence-corrected chi connectivity index (χ3v) is 6.12. The zero-order valence-corrected chi connectivity index (χ0v) is 15.8. The van der Waals surface area contributed by atoms with Gasteiger partial charge in [0.1, 0.15) is 0 Å². The molecule has 1 saturated heterocycles. The highest BCUT2D eigenvalue weighted by Gasteiger charge is 2.37. The predicted octanol–water partition coefficient (Wildman–Crippen LogP) is 2.86. The molecule has 132 valence electrons. The number of aromatic nitrogens is 2. The molecule has 25 heavy (non-hydrogen) atoms. The molecule has 2 aromatic heterocycles. The van der Waals surface area contributed by atoms with Crippen molar-refractivity contribution in [1.82, 2.24) is 15.1 Å². The Kier molecular flexibility index (Phi) is 4.02. The van der Waals surface area contributed by atoms with Crippen LogP contribution in [-0.2, 0) is 23.2 Å². The normalized spacial score (nSPS) is 18.0. The van der Waals surface area contributed by atoms with E-state index in [1.54, 1.807) is 11.3 Å². The van der Waals surface area contributed by atoms with Crippen molar-refractivity contribution >= 4 is 23.1 Å². The van der Waals surface area contributed by atoms with Crippen LogP contribution in [-0.4, -0.2) is 40.6 Å². The summed E-state index contributed by atoms with van der Waals surface area (Å²) in [6, 6.07) is 6.21. The maximum absolute atomic E-state index is 12.7. The molecule has 0 N–H and O–H groups in total. The molecule has 0 bridgehead atoms. The Bertz CT molecular complexity index is 771. The van der Waals surface area contributed by atoms with E-state index in [0.29, 0.717) is 0 Å². The van der Waals surface area contributed by atoms with Crippen molar-refractivity contribution in [2.45, 2.75) is 39.2 Å². The lowest BCUT2D eigenvalue weighted by Crippen LogP contribution is -2.55. The minimum atomic E-state index is 0.00769. The molecule has 0 spiro atoms. The number of amides is 1.